The summed E-state index contributed by atoms with van der Waals surface area (Å²) in [6.07, 6.45) is 1.01. The maximum atomic E-state index is 13.1. The van der Waals surface area contributed by atoms with Crippen LogP contribution >= 0.6 is 0 Å². The Hall–Kier alpha value is -1.16. The fourth-order valence-electron chi connectivity index (χ4n) is 2.54. The van der Waals surface area contributed by atoms with Gasteiger partial charge in [-0.3, -0.25) is 0 Å². The van der Waals surface area contributed by atoms with Gasteiger partial charge in [-0.25, -0.2) is 8.78 Å². The van der Waals surface area contributed by atoms with Gasteiger partial charge in [0.25, 0.3) is 0 Å². The molecule has 1 aliphatic rings. The quantitative estimate of drug-likeness (QED) is 0.872. The van der Waals surface area contributed by atoms with E-state index in [4.69, 9.17) is 0 Å². The molecule has 18 heavy (non-hydrogen) atoms. The Morgan fingerprint density at radius 2 is 1.94 bits per heavy atom. The lowest BCUT2D eigenvalue weighted by Gasteiger charge is -2.40. The van der Waals surface area contributed by atoms with E-state index in [2.05, 4.69) is 31.1 Å². The maximum absolute atomic E-state index is 13.1. The molecule has 0 spiro atoms. The topological polar surface area (TPSA) is 15.3 Å². The standard InChI is InChI=1S/C14H20F2N2/c1-9-8-18(3)10(2)6-14(9)17-11-4-5-12(15)13(16)7-11/h4-5,7,9-10,14,17H,6,8H2,1-3H3. The zero-order valence-corrected chi connectivity index (χ0v) is 11.1. The highest BCUT2D eigenvalue weighted by Crippen LogP contribution is 2.24. The number of halogens is 2. The second-order valence-electron chi connectivity index (χ2n) is 5.38. The first-order chi connectivity index (χ1) is 8.47. The predicted molar refractivity (Wildman–Crippen MR) is 69.6 cm³/mol. The Kier molecular flexibility index (Phi) is 3.85. The fraction of sp³-hybridized carbons (Fsp3) is 0.571. The molecule has 100 valence electrons. The number of hydrogen-bond acceptors (Lipinski definition) is 2. The minimum atomic E-state index is -0.801. The third-order valence-electron chi connectivity index (χ3n) is 3.88. The van der Waals surface area contributed by atoms with Crippen molar-refractivity contribution < 1.29 is 8.78 Å². The predicted octanol–water partition coefficient (Wildman–Crippen LogP) is 3.11. The van der Waals surface area contributed by atoms with Crippen LogP contribution in [-0.4, -0.2) is 30.6 Å². The van der Waals surface area contributed by atoms with E-state index < -0.39 is 11.6 Å². The zero-order valence-electron chi connectivity index (χ0n) is 11.1. The van der Waals surface area contributed by atoms with E-state index >= 15 is 0 Å². The van der Waals surface area contributed by atoms with Crippen LogP contribution in [0.5, 0.6) is 0 Å². The lowest BCUT2D eigenvalue weighted by Crippen LogP contribution is -2.48. The molecule has 2 nitrogen and oxygen atoms in total. The van der Waals surface area contributed by atoms with E-state index in [0.717, 1.165) is 13.0 Å². The summed E-state index contributed by atoms with van der Waals surface area (Å²) in [6, 6.07) is 4.80. The van der Waals surface area contributed by atoms with Crippen LogP contribution < -0.4 is 5.32 Å². The van der Waals surface area contributed by atoms with Crippen LogP contribution in [-0.2, 0) is 0 Å². The van der Waals surface area contributed by atoms with Crippen LogP contribution in [0.1, 0.15) is 20.3 Å². The highest BCUT2D eigenvalue weighted by Gasteiger charge is 2.28. The van der Waals surface area contributed by atoms with Crippen LogP contribution in [0.4, 0.5) is 14.5 Å². The molecule has 1 N–H and O–H groups in total. The molecule has 0 saturated carbocycles. The van der Waals surface area contributed by atoms with Crippen molar-refractivity contribution in [2.75, 3.05) is 18.9 Å². The molecule has 1 fully saturated rings. The molecule has 1 saturated heterocycles. The van der Waals surface area contributed by atoms with Gasteiger partial charge in [-0.1, -0.05) is 6.92 Å². The second kappa shape index (κ2) is 5.22. The van der Waals surface area contributed by atoms with Gasteiger partial charge in [-0.2, -0.15) is 0 Å². The fourth-order valence-corrected chi connectivity index (χ4v) is 2.54. The summed E-state index contributed by atoms with van der Waals surface area (Å²) in [7, 11) is 2.12. The van der Waals surface area contributed by atoms with Crippen LogP contribution in [0.15, 0.2) is 18.2 Å². The Bertz CT molecular complexity index is 422. The molecule has 3 atom stereocenters. The van der Waals surface area contributed by atoms with Gasteiger partial charge in [-0.05, 0) is 38.4 Å². The molecule has 0 amide bonds. The van der Waals surface area contributed by atoms with Gasteiger partial charge in [0.2, 0.25) is 0 Å². The first-order valence-electron chi connectivity index (χ1n) is 6.39. The SMILES string of the molecule is CC1CN(C)C(C)CC1Nc1ccc(F)c(F)c1. The summed E-state index contributed by atoms with van der Waals surface area (Å²) in [5.41, 5.74) is 0.655. The molecule has 0 bridgehead atoms. The molecule has 2 rings (SSSR count). The van der Waals surface area contributed by atoms with Crippen LogP contribution in [0.25, 0.3) is 0 Å². The summed E-state index contributed by atoms with van der Waals surface area (Å²) in [5.74, 6) is -1.11. The van der Waals surface area contributed by atoms with Gasteiger partial charge in [-0.15, -0.1) is 0 Å². The highest BCUT2D eigenvalue weighted by atomic mass is 19.2. The van der Waals surface area contributed by atoms with E-state index in [1.165, 1.54) is 12.1 Å². The van der Waals surface area contributed by atoms with Gasteiger partial charge in [0.1, 0.15) is 0 Å². The van der Waals surface area contributed by atoms with Crippen molar-refractivity contribution in [3.63, 3.8) is 0 Å². The van der Waals surface area contributed by atoms with Gasteiger partial charge < -0.3 is 10.2 Å². The van der Waals surface area contributed by atoms with E-state index in [0.29, 0.717) is 23.7 Å². The Morgan fingerprint density at radius 3 is 2.61 bits per heavy atom. The molecule has 4 heteroatoms. The van der Waals surface area contributed by atoms with Crippen molar-refractivity contribution in [3.05, 3.63) is 29.8 Å². The van der Waals surface area contributed by atoms with Crippen molar-refractivity contribution in [1.29, 1.82) is 0 Å². The third-order valence-corrected chi connectivity index (χ3v) is 3.88. The molecule has 1 aliphatic heterocycles. The number of benzene rings is 1. The Labute approximate surface area is 107 Å². The number of likely N-dealkylation sites (tertiary alicyclic amines) is 1. The highest BCUT2D eigenvalue weighted by molar-refractivity contribution is 5.44. The minimum absolute atomic E-state index is 0.307. The average molecular weight is 254 g/mol. The number of hydrogen-bond donors (Lipinski definition) is 1. The van der Waals surface area contributed by atoms with Crippen molar-refractivity contribution in [3.8, 4) is 0 Å². The van der Waals surface area contributed by atoms with Crippen molar-refractivity contribution in [2.45, 2.75) is 32.4 Å². The van der Waals surface area contributed by atoms with Gasteiger partial charge in [0.05, 0.1) is 0 Å². The van der Waals surface area contributed by atoms with E-state index in [9.17, 15) is 8.78 Å². The van der Waals surface area contributed by atoms with Gasteiger partial charge in [0.15, 0.2) is 11.6 Å². The molecule has 1 heterocycles. The first-order valence-corrected chi connectivity index (χ1v) is 6.39. The first kappa shape index (κ1) is 13.3. The molecule has 0 aromatic heterocycles. The maximum Gasteiger partial charge on any atom is 0.160 e. The molecule has 1 aromatic carbocycles. The Balaban J connectivity index is 2.06. The lowest BCUT2D eigenvalue weighted by molar-refractivity contribution is 0.145. The second-order valence-corrected chi connectivity index (χ2v) is 5.38. The molecule has 3 unspecified atom stereocenters. The number of nitrogens with one attached hydrogen (secondary N) is 1. The van der Waals surface area contributed by atoms with Crippen molar-refractivity contribution in [1.82, 2.24) is 4.90 Å². The molecule has 0 radical (unpaired) electrons. The van der Waals surface area contributed by atoms with Crippen molar-refractivity contribution in [2.24, 2.45) is 5.92 Å². The van der Waals surface area contributed by atoms with Gasteiger partial charge >= 0.3 is 0 Å². The monoisotopic (exact) mass is 254 g/mol. The van der Waals surface area contributed by atoms with Crippen LogP contribution in [0.3, 0.4) is 0 Å². The molecular weight excluding hydrogens is 234 g/mol. The summed E-state index contributed by atoms with van der Waals surface area (Å²) < 4.78 is 26.0. The number of piperidine rings is 1. The minimum Gasteiger partial charge on any atom is -0.382 e. The largest absolute Gasteiger partial charge is 0.382 e. The third kappa shape index (κ3) is 2.80. The van der Waals surface area contributed by atoms with Crippen molar-refractivity contribution >= 4 is 5.69 Å². The Morgan fingerprint density at radius 1 is 1.22 bits per heavy atom. The summed E-state index contributed by atoms with van der Waals surface area (Å²) in [4.78, 5) is 2.33. The van der Waals surface area contributed by atoms with E-state index in [1.54, 1.807) is 6.07 Å². The van der Waals surface area contributed by atoms with E-state index in [-0.39, 0.29) is 0 Å². The van der Waals surface area contributed by atoms with E-state index in [1.807, 2.05) is 0 Å². The van der Waals surface area contributed by atoms with Gasteiger partial charge in [0, 0.05) is 30.4 Å². The number of rotatable bonds is 2. The number of anilines is 1. The molecular formula is C14H20F2N2. The summed E-state index contributed by atoms with van der Waals surface area (Å²) in [5, 5.41) is 3.32. The van der Waals surface area contributed by atoms with Crippen LogP contribution in [0.2, 0.25) is 0 Å². The molecule has 1 aromatic rings. The average Bonchev–Trinajstić information content (AvgIpc) is 2.31. The number of nitrogens with zero attached hydrogens (tertiary/aromatic N) is 1. The normalized spacial score (nSPS) is 29.3. The zero-order chi connectivity index (χ0) is 13.3. The molecule has 0 aliphatic carbocycles. The van der Waals surface area contributed by atoms with Crippen LogP contribution in [0, 0.1) is 17.6 Å². The summed E-state index contributed by atoms with van der Waals surface area (Å²) in [6.45, 7) is 5.38. The lowest BCUT2D eigenvalue weighted by atomic mass is 9.89. The smallest absolute Gasteiger partial charge is 0.160 e. The summed E-state index contributed by atoms with van der Waals surface area (Å²) >= 11 is 0.